The number of nitrogens with zero attached hydrogens (tertiary/aromatic N) is 1. The highest BCUT2D eigenvalue weighted by Crippen LogP contribution is 2.31. The van der Waals surface area contributed by atoms with Gasteiger partial charge in [-0.25, -0.2) is 5.43 Å². The molecule has 0 aromatic heterocycles. The minimum absolute atomic E-state index is 0.0575. The highest BCUT2D eigenvalue weighted by molar-refractivity contribution is 9.11. The van der Waals surface area contributed by atoms with Gasteiger partial charge in [-0.3, -0.25) is 9.59 Å². The molecule has 1 aliphatic carbocycles. The summed E-state index contributed by atoms with van der Waals surface area (Å²) in [4.78, 5) is 23.8. The van der Waals surface area contributed by atoms with Gasteiger partial charge in [0.05, 0.1) is 10.9 Å². The van der Waals surface area contributed by atoms with Crippen LogP contribution < -0.4 is 15.5 Å². The molecule has 1 aliphatic rings. The maximum atomic E-state index is 11.9. The van der Waals surface area contributed by atoms with Crippen molar-refractivity contribution in [2.75, 3.05) is 6.61 Å². The van der Waals surface area contributed by atoms with Gasteiger partial charge in [-0.2, -0.15) is 5.10 Å². The maximum Gasteiger partial charge on any atom is 0.277 e. The van der Waals surface area contributed by atoms with Gasteiger partial charge < -0.3 is 10.1 Å². The van der Waals surface area contributed by atoms with Crippen molar-refractivity contribution >= 4 is 49.4 Å². The summed E-state index contributed by atoms with van der Waals surface area (Å²) in [6.07, 6.45) is 4.60. The molecule has 1 saturated carbocycles. The molecule has 0 unspecified atom stereocenters. The molecular formula is C18H23Br2N3O3. The summed E-state index contributed by atoms with van der Waals surface area (Å²) in [6.45, 7) is 3.49. The zero-order chi connectivity index (χ0) is 19.1. The molecule has 1 fully saturated rings. The molecule has 1 aromatic rings. The quantitative estimate of drug-likeness (QED) is 0.452. The lowest BCUT2D eigenvalue weighted by atomic mass is 10.2. The van der Waals surface area contributed by atoms with E-state index in [1.165, 1.54) is 12.8 Å². The Kier molecular flexibility index (Phi) is 8.09. The van der Waals surface area contributed by atoms with Crippen LogP contribution in [0.4, 0.5) is 0 Å². The van der Waals surface area contributed by atoms with Crippen molar-refractivity contribution in [3.8, 4) is 5.75 Å². The fourth-order valence-corrected chi connectivity index (χ4v) is 3.80. The number of hydrogen-bond acceptors (Lipinski definition) is 4. The van der Waals surface area contributed by atoms with E-state index in [9.17, 15) is 9.59 Å². The van der Waals surface area contributed by atoms with Gasteiger partial charge in [-0.1, -0.05) is 28.8 Å². The highest BCUT2D eigenvalue weighted by Gasteiger charge is 2.17. The molecule has 26 heavy (non-hydrogen) atoms. The van der Waals surface area contributed by atoms with Gasteiger partial charge in [-0.05, 0) is 60.3 Å². The summed E-state index contributed by atoms with van der Waals surface area (Å²) in [7, 11) is 0. The van der Waals surface area contributed by atoms with Gasteiger partial charge in [-0.15, -0.1) is 0 Å². The van der Waals surface area contributed by atoms with E-state index < -0.39 is 0 Å². The Morgan fingerprint density at radius 2 is 1.88 bits per heavy atom. The molecule has 0 bridgehead atoms. The Balaban J connectivity index is 1.75. The zero-order valence-corrected chi connectivity index (χ0v) is 18.1. The van der Waals surface area contributed by atoms with Gasteiger partial charge in [0.1, 0.15) is 5.75 Å². The summed E-state index contributed by atoms with van der Waals surface area (Å²) < 4.78 is 7.22. The predicted molar refractivity (Wildman–Crippen MR) is 108 cm³/mol. The van der Waals surface area contributed by atoms with Crippen molar-refractivity contribution in [2.24, 2.45) is 5.10 Å². The average Bonchev–Trinajstić information content (AvgIpc) is 3.07. The first kappa shape index (κ1) is 20.9. The van der Waals surface area contributed by atoms with Crippen molar-refractivity contribution in [3.63, 3.8) is 0 Å². The van der Waals surface area contributed by atoms with Crippen LogP contribution in [0.2, 0.25) is 0 Å². The lowest BCUT2D eigenvalue weighted by Gasteiger charge is -2.11. The van der Waals surface area contributed by atoms with Crippen molar-refractivity contribution in [2.45, 2.75) is 52.0 Å². The number of halogens is 2. The number of amides is 2. The second kappa shape index (κ2) is 10.1. The molecule has 0 radical (unpaired) electrons. The van der Waals surface area contributed by atoms with Crippen LogP contribution in [0, 0.1) is 6.92 Å². The largest absolute Gasteiger partial charge is 0.483 e. The van der Waals surface area contributed by atoms with Gasteiger partial charge in [0.2, 0.25) is 5.91 Å². The third kappa shape index (κ3) is 6.72. The standard InChI is InChI=1S/C18H23Br2N3O3/c1-11-7-16(15(20)9-14(11)19)26-10-18(25)23-22-12(2)8-17(24)21-13-5-3-4-6-13/h7,9,13H,3-6,8,10H2,1-2H3,(H,21,24)(H,23,25). The van der Waals surface area contributed by atoms with Crippen LogP contribution >= 0.6 is 31.9 Å². The summed E-state index contributed by atoms with van der Waals surface area (Å²) in [5.41, 5.74) is 3.97. The van der Waals surface area contributed by atoms with Gasteiger partial charge in [0.25, 0.3) is 5.91 Å². The second-order valence-electron chi connectivity index (χ2n) is 6.43. The molecule has 0 atom stereocenters. The smallest absolute Gasteiger partial charge is 0.277 e. The first-order valence-corrected chi connectivity index (χ1v) is 10.1. The molecule has 8 heteroatoms. The van der Waals surface area contributed by atoms with E-state index in [2.05, 4.69) is 47.7 Å². The number of carbonyl (C=O) groups is 2. The van der Waals surface area contributed by atoms with Crippen molar-refractivity contribution in [1.29, 1.82) is 0 Å². The third-order valence-corrected chi connectivity index (χ3v) is 5.55. The summed E-state index contributed by atoms with van der Waals surface area (Å²) in [6, 6.07) is 3.99. The summed E-state index contributed by atoms with van der Waals surface area (Å²) in [5, 5.41) is 6.96. The van der Waals surface area contributed by atoms with Crippen LogP contribution in [0.25, 0.3) is 0 Å². The number of ether oxygens (including phenoxy) is 1. The molecule has 142 valence electrons. The Labute approximate surface area is 170 Å². The van der Waals surface area contributed by atoms with E-state index in [0.717, 1.165) is 27.4 Å². The molecular weight excluding hydrogens is 466 g/mol. The van der Waals surface area contributed by atoms with Gasteiger partial charge >= 0.3 is 0 Å². The SMILES string of the molecule is CC(CC(=O)NC1CCCC1)=NNC(=O)COc1cc(C)c(Br)cc1Br. The zero-order valence-electron chi connectivity index (χ0n) is 14.9. The number of nitrogens with one attached hydrogen (secondary N) is 2. The van der Waals surface area contributed by atoms with Crippen LogP contribution in [0.5, 0.6) is 5.75 Å². The van der Waals surface area contributed by atoms with E-state index >= 15 is 0 Å². The monoisotopic (exact) mass is 487 g/mol. The molecule has 2 N–H and O–H groups in total. The topological polar surface area (TPSA) is 79.8 Å². The van der Waals surface area contributed by atoms with Crippen LogP contribution in [0.3, 0.4) is 0 Å². The van der Waals surface area contributed by atoms with E-state index in [1.54, 1.807) is 6.92 Å². The number of benzene rings is 1. The minimum atomic E-state index is -0.381. The molecule has 0 aliphatic heterocycles. The summed E-state index contributed by atoms with van der Waals surface area (Å²) in [5.74, 6) is 0.142. The number of hydrazone groups is 1. The molecule has 2 amide bonds. The van der Waals surface area contributed by atoms with Crippen molar-refractivity contribution < 1.29 is 14.3 Å². The van der Waals surface area contributed by atoms with Gasteiger partial charge in [0.15, 0.2) is 6.61 Å². The minimum Gasteiger partial charge on any atom is -0.483 e. The van der Waals surface area contributed by atoms with E-state index in [0.29, 0.717) is 11.5 Å². The number of aryl methyl sites for hydroxylation is 1. The normalized spacial score (nSPS) is 15.0. The Morgan fingerprint density at radius 3 is 2.58 bits per heavy atom. The highest BCUT2D eigenvalue weighted by atomic mass is 79.9. The van der Waals surface area contributed by atoms with Crippen molar-refractivity contribution in [3.05, 3.63) is 26.6 Å². The number of hydrogen-bond donors (Lipinski definition) is 2. The second-order valence-corrected chi connectivity index (χ2v) is 8.14. The van der Waals surface area contributed by atoms with Crippen molar-refractivity contribution in [1.82, 2.24) is 10.7 Å². The first-order chi connectivity index (χ1) is 12.3. The Bertz CT molecular complexity index is 701. The fourth-order valence-electron chi connectivity index (χ4n) is 2.70. The number of carbonyl (C=O) groups excluding carboxylic acids is 2. The average molecular weight is 489 g/mol. The fraction of sp³-hybridized carbons (Fsp3) is 0.500. The summed E-state index contributed by atoms with van der Waals surface area (Å²) >= 11 is 6.83. The first-order valence-electron chi connectivity index (χ1n) is 8.55. The predicted octanol–water partition coefficient (Wildman–Crippen LogP) is 3.84. The maximum absolute atomic E-state index is 11.9. The molecule has 2 rings (SSSR count). The molecule has 0 heterocycles. The van der Waals surface area contributed by atoms with E-state index in [-0.39, 0.29) is 30.9 Å². The molecule has 0 saturated heterocycles. The molecule has 1 aromatic carbocycles. The van der Waals surface area contributed by atoms with E-state index in [4.69, 9.17) is 4.74 Å². The molecule has 6 nitrogen and oxygen atoms in total. The Morgan fingerprint density at radius 1 is 1.19 bits per heavy atom. The number of rotatable bonds is 7. The van der Waals surface area contributed by atoms with Gasteiger partial charge in [0, 0.05) is 16.2 Å². The van der Waals surface area contributed by atoms with Crippen LogP contribution in [-0.4, -0.2) is 30.2 Å². The van der Waals surface area contributed by atoms with E-state index in [1.807, 2.05) is 19.1 Å². The third-order valence-electron chi connectivity index (χ3n) is 4.08. The molecule has 0 spiro atoms. The van der Waals surface area contributed by atoms with Crippen LogP contribution in [0.1, 0.15) is 44.6 Å². The van der Waals surface area contributed by atoms with Crippen LogP contribution in [-0.2, 0) is 9.59 Å². The Hall–Kier alpha value is -1.41. The lowest BCUT2D eigenvalue weighted by molar-refractivity contribution is -0.123. The van der Waals surface area contributed by atoms with Crippen LogP contribution in [0.15, 0.2) is 26.2 Å². The lowest BCUT2D eigenvalue weighted by Crippen LogP contribution is -2.34.